The molecule has 3 nitrogen and oxygen atoms in total. The van der Waals surface area contributed by atoms with E-state index in [1.807, 2.05) is 13.1 Å². The number of rotatable bonds is 4. The molecule has 0 aromatic carbocycles. The number of carbonyl (C=O) groups excluding carboxylic acids is 1. The maximum absolute atomic E-state index is 10.9. The highest BCUT2D eigenvalue weighted by molar-refractivity contribution is 6.48. The molecule has 0 aromatic rings. The van der Waals surface area contributed by atoms with Crippen LogP contribution in [0.2, 0.25) is 13.1 Å². The Morgan fingerprint density at radius 1 is 1.55 bits per heavy atom. The second-order valence-electron chi connectivity index (χ2n) is 2.42. The van der Waals surface area contributed by atoms with Crippen LogP contribution in [0.15, 0.2) is 0 Å². The summed E-state index contributed by atoms with van der Waals surface area (Å²) in [6, 6.07) is 0. The van der Waals surface area contributed by atoms with Gasteiger partial charge in [0.2, 0.25) is 9.04 Å². The van der Waals surface area contributed by atoms with Crippen LogP contribution in [0.1, 0.15) is 13.8 Å². The van der Waals surface area contributed by atoms with Crippen molar-refractivity contribution in [3.8, 4) is 0 Å². The Balaban J connectivity index is 3.64. The van der Waals surface area contributed by atoms with Crippen molar-refractivity contribution in [2.75, 3.05) is 6.61 Å². The minimum absolute atomic E-state index is 0.265. The average Bonchev–Trinajstić information content (AvgIpc) is 1.86. The Morgan fingerprint density at radius 3 is 2.45 bits per heavy atom. The molecule has 0 amide bonds. The van der Waals surface area contributed by atoms with Crippen LogP contribution in [-0.2, 0) is 14.0 Å². The summed E-state index contributed by atoms with van der Waals surface area (Å²) in [4.78, 5) is 10.9. The molecule has 0 bridgehead atoms. The Bertz CT molecular complexity index is 125. The van der Waals surface area contributed by atoms with E-state index in [9.17, 15) is 4.79 Å². The van der Waals surface area contributed by atoms with Gasteiger partial charge < -0.3 is 9.16 Å². The van der Waals surface area contributed by atoms with Gasteiger partial charge in [-0.25, -0.2) is 4.79 Å². The highest BCUT2D eigenvalue weighted by Crippen LogP contribution is 1.97. The maximum Gasteiger partial charge on any atom is 0.333 e. The highest BCUT2D eigenvalue weighted by Gasteiger charge is 2.15. The smallest absolute Gasteiger partial charge is 0.333 e. The lowest BCUT2D eigenvalue weighted by molar-refractivity contribution is -0.150. The Labute approximate surface area is 69.4 Å². The van der Waals surface area contributed by atoms with E-state index >= 15 is 0 Å². The predicted octanol–water partition coefficient (Wildman–Crippen LogP) is 1.21. The molecule has 1 unspecified atom stereocenters. The second-order valence-corrected chi connectivity index (χ2v) is 4.47. The molecule has 11 heavy (non-hydrogen) atoms. The molecule has 0 spiro atoms. The summed E-state index contributed by atoms with van der Waals surface area (Å²) in [5.41, 5.74) is 0. The molecular formula is C7H15O3Si. The molecule has 0 heterocycles. The summed E-state index contributed by atoms with van der Waals surface area (Å²) in [5.74, 6) is -0.265. The van der Waals surface area contributed by atoms with Crippen molar-refractivity contribution in [1.82, 2.24) is 0 Å². The fourth-order valence-electron chi connectivity index (χ4n) is 0.661. The molecule has 0 rings (SSSR count). The van der Waals surface area contributed by atoms with Crippen molar-refractivity contribution < 1.29 is 14.0 Å². The van der Waals surface area contributed by atoms with E-state index in [0.717, 1.165) is 0 Å². The van der Waals surface area contributed by atoms with Crippen LogP contribution in [0.25, 0.3) is 0 Å². The van der Waals surface area contributed by atoms with Gasteiger partial charge in [0, 0.05) is 0 Å². The molecular weight excluding hydrogens is 160 g/mol. The number of hydrogen-bond donors (Lipinski definition) is 0. The number of carbonyl (C=O) groups is 1. The van der Waals surface area contributed by atoms with Crippen LogP contribution in [0.5, 0.6) is 0 Å². The largest absolute Gasteiger partial charge is 0.464 e. The second kappa shape index (κ2) is 5.32. The van der Waals surface area contributed by atoms with Gasteiger partial charge in [-0.2, -0.15) is 0 Å². The van der Waals surface area contributed by atoms with Crippen molar-refractivity contribution in [3.05, 3.63) is 0 Å². The van der Waals surface area contributed by atoms with Crippen LogP contribution < -0.4 is 0 Å². The lowest BCUT2D eigenvalue weighted by Crippen LogP contribution is -2.27. The normalized spacial score (nSPS) is 13.2. The third kappa shape index (κ3) is 4.98. The highest BCUT2D eigenvalue weighted by atomic mass is 28.3. The van der Waals surface area contributed by atoms with Crippen molar-refractivity contribution in [3.63, 3.8) is 0 Å². The van der Waals surface area contributed by atoms with Gasteiger partial charge in [0.1, 0.15) is 6.10 Å². The van der Waals surface area contributed by atoms with Gasteiger partial charge in [0.15, 0.2) is 0 Å². The molecule has 0 saturated heterocycles. The lowest BCUT2D eigenvalue weighted by Gasteiger charge is -2.13. The molecule has 65 valence electrons. The predicted molar refractivity (Wildman–Crippen MR) is 44.7 cm³/mol. The maximum atomic E-state index is 10.9. The molecule has 4 heteroatoms. The van der Waals surface area contributed by atoms with E-state index < -0.39 is 15.1 Å². The van der Waals surface area contributed by atoms with Crippen LogP contribution >= 0.6 is 0 Å². The first-order valence-corrected chi connectivity index (χ1v) is 6.12. The summed E-state index contributed by atoms with van der Waals surface area (Å²) in [6.07, 6.45) is -0.404. The molecule has 0 N–H and O–H groups in total. The number of hydrogen-bond acceptors (Lipinski definition) is 3. The van der Waals surface area contributed by atoms with Crippen molar-refractivity contribution in [2.45, 2.75) is 33.0 Å². The van der Waals surface area contributed by atoms with E-state index in [1.165, 1.54) is 0 Å². The zero-order valence-electron chi connectivity index (χ0n) is 7.51. The fraction of sp³-hybridized carbons (Fsp3) is 0.857. The molecule has 0 aliphatic carbocycles. The summed E-state index contributed by atoms with van der Waals surface area (Å²) in [6.45, 7) is 7.90. The molecule has 0 aromatic heterocycles. The number of esters is 1. The van der Waals surface area contributed by atoms with Crippen molar-refractivity contribution in [2.24, 2.45) is 0 Å². The van der Waals surface area contributed by atoms with Gasteiger partial charge in [0.05, 0.1) is 6.61 Å². The molecule has 0 saturated carbocycles. The monoisotopic (exact) mass is 175 g/mol. The molecule has 1 atom stereocenters. The quantitative estimate of drug-likeness (QED) is 0.476. The van der Waals surface area contributed by atoms with E-state index in [4.69, 9.17) is 9.16 Å². The molecule has 0 fully saturated rings. The minimum atomic E-state index is -0.797. The Morgan fingerprint density at radius 2 is 2.09 bits per heavy atom. The zero-order valence-corrected chi connectivity index (χ0v) is 8.51. The fourth-order valence-corrected chi connectivity index (χ4v) is 1.46. The standard InChI is InChI=1S/C7H15O3Si/c1-5-9-7(8)6(2)10-11(3)4/h6H,5H2,1-4H3. The molecule has 0 aliphatic rings. The van der Waals surface area contributed by atoms with Crippen molar-refractivity contribution in [1.29, 1.82) is 0 Å². The van der Waals surface area contributed by atoms with Crippen LogP contribution in [0.3, 0.4) is 0 Å². The Hall–Kier alpha value is -0.353. The third-order valence-corrected chi connectivity index (χ3v) is 1.86. The zero-order chi connectivity index (χ0) is 8.85. The summed E-state index contributed by atoms with van der Waals surface area (Å²) < 4.78 is 10.0. The van der Waals surface area contributed by atoms with Gasteiger partial charge in [0.25, 0.3) is 0 Å². The molecule has 1 radical (unpaired) electrons. The Kier molecular flexibility index (Phi) is 5.15. The first-order chi connectivity index (χ1) is 5.07. The van der Waals surface area contributed by atoms with Gasteiger partial charge >= 0.3 is 5.97 Å². The van der Waals surface area contributed by atoms with Crippen molar-refractivity contribution >= 4 is 15.0 Å². The average molecular weight is 175 g/mol. The third-order valence-electron chi connectivity index (χ3n) is 1.03. The summed E-state index contributed by atoms with van der Waals surface area (Å²) in [7, 11) is -0.797. The van der Waals surface area contributed by atoms with Crippen LogP contribution in [-0.4, -0.2) is 27.7 Å². The van der Waals surface area contributed by atoms with E-state index in [0.29, 0.717) is 6.61 Å². The van der Waals surface area contributed by atoms with E-state index in [-0.39, 0.29) is 5.97 Å². The first-order valence-electron chi connectivity index (χ1n) is 3.71. The topological polar surface area (TPSA) is 35.5 Å². The van der Waals surface area contributed by atoms with Gasteiger partial charge in [-0.05, 0) is 26.9 Å². The SMILES string of the molecule is CCOC(=O)C(C)O[Si](C)C. The first kappa shape index (κ1) is 10.6. The van der Waals surface area contributed by atoms with E-state index in [1.54, 1.807) is 13.8 Å². The van der Waals surface area contributed by atoms with Crippen LogP contribution in [0, 0.1) is 0 Å². The van der Waals surface area contributed by atoms with E-state index in [2.05, 4.69) is 0 Å². The minimum Gasteiger partial charge on any atom is -0.464 e. The molecule has 0 aliphatic heterocycles. The van der Waals surface area contributed by atoms with Gasteiger partial charge in [-0.3, -0.25) is 0 Å². The summed E-state index contributed by atoms with van der Waals surface area (Å²) >= 11 is 0. The number of ether oxygens (including phenoxy) is 1. The van der Waals surface area contributed by atoms with Crippen LogP contribution in [0.4, 0.5) is 0 Å². The van der Waals surface area contributed by atoms with Gasteiger partial charge in [-0.1, -0.05) is 0 Å². The van der Waals surface area contributed by atoms with Gasteiger partial charge in [-0.15, -0.1) is 0 Å². The lowest BCUT2D eigenvalue weighted by atomic mass is 10.4. The summed E-state index contributed by atoms with van der Waals surface area (Å²) in [5, 5.41) is 0.